The van der Waals surface area contributed by atoms with E-state index in [-0.39, 0.29) is 11.7 Å². The summed E-state index contributed by atoms with van der Waals surface area (Å²) >= 11 is 1.30. The number of sulfonamides is 1. The Morgan fingerprint density at radius 1 is 1.45 bits per heavy atom. The number of aromatic nitrogens is 3. The first-order chi connectivity index (χ1) is 10.5. The van der Waals surface area contributed by atoms with Crippen molar-refractivity contribution in [1.82, 2.24) is 19.5 Å². The molecule has 0 aromatic carbocycles. The van der Waals surface area contributed by atoms with E-state index >= 15 is 0 Å². The zero-order chi connectivity index (χ0) is 15.7. The molecule has 1 aliphatic rings. The van der Waals surface area contributed by atoms with Crippen LogP contribution in [0, 0.1) is 0 Å². The molecule has 1 atom stereocenters. The number of thiophene rings is 1. The van der Waals surface area contributed by atoms with Crippen LogP contribution in [0.3, 0.4) is 0 Å². The van der Waals surface area contributed by atoms with Crippen molar-refractivity contribution < 1.29 is 8.42 Å². The molecule has 120 valence electrons. The van der Waals surface area contributed by atoms with Gasteiger partial charge in [-0.15, -0.1) is 11.3 Å². The molecule has 0 spiro atoms. The summed E-state index contributed by atoms with van der Waals surface area (Å²) in [5, 5.41) is 6.40. The molecule has 3 rings (SSSR count). The van der Waals surface area contributed by atoms with Crippen molar-refractivity contribution in [2.75, 3.05) is 0 Å². The van der Waals surface area contributed by atoms with Gasteiger partial charge in [0.15, 0.2) is 0 Å². The van der Waals surface area contributed by atoms with Crippen LogP contribution in [0.25, 0.3) is 0 Å². The fraction of sp³-hybridized carbons (Fsp3) is 0.538. The van der Waals surface area contributed by atoms with Crippen LogP contribution in [0.15, 0.2) is 21.1 Å². The highest BCUT2D eigenvalue weighted by Crippen LogP contribution is 2.23. The molecule has 0 saturated carbocycles. The van der Waals surface area contributed by atoms with E-state index in [1.165, 1.54) is 11.3 Å². The summed E-state index contributed by atoms with van der Waals surface area (Å²) in [7, 11) is -3.49. The summed E-state index contributed by atoms with van der Waals surface area (Å²) in [6.45, 7) is 2.47. The largest absolute Gasteiger partial charge is 0.343 e. The Bertz CT molecular complexity index is 818. The van der Waals surface area contributed by atoms with Gasteiger partial charge in [0.25, 0.3) is 0 Å². The summed E-state index contributed by atoms with van der Waals surface area (Å²) in [6, 6.07) is 3.32. The first-order valence-electron chi connectivity index (χ1n) is 7.24. The van der Waals surface area contributed by atoms with Crippen LogP contribution in [-0.4, -0.2) is 29.2 Å². The summed E-state index contributed by atoms with van der Waals surface area (Å²) in [6.07, 6.45) is 2.62. The summed E-state index contributed by atoms with van der Waals surface area (Å²) in [4.78, 5) is 12.6. The standard InChI is InChI=1S/C13H18N4O3S2/c1-2-10-4-6-12(21-10)22(19,20)16-9-3-5-11-14-15-13(18)17(11)8-7-9/h4,6,9,16H,2-3,5,7-8H2,1H3,(H,15,18). The second-order valence-electron chi connectivity index (χ2n) is 5.32. The lowest BCUT2D eigenvalue weighted by atomic mass is 10.1. The molecule has 0 radical (unpaired) electrons. The Hall–Kier alpha value is -1.45. The van der Waals surface area contributed by atoms with Crippen molar-refractivity contribution >= 4 is 21.4 Å². The fourth-order valence-electron chi connectivity index (χ4n) is 2.59. The Labute approximate surface area is 132 Å². The van der Waals surface area contributed by atoms with E-state index in [1.807, 2.05) is 13.0 Å². The second kappa shape index (κ2) is 5.98. The van der Waals surface area contributed by atoms with Gasteiger partial charge in [-0.3, -0.25) is 4.57 Å². The lowest BCUT2D eigenvalue weighted by molar-refractivity contribution is 0.494. The average molecular weight is 342 g/mol. The molecule has 22 heavy (non-hydrogen) atoms. The number of aromatic amines is 1. The fourth-order valence-corrected chi connectivity index (χ4v) is 5.21. The number of hydrogen-bond donors (Lipinski definition) is 2. The van der Waals surface area contributed by atoms with Crippen molar-refractivity contribution in [1.29, 1.82) is 0 Å². The van der Waals surface area contributed by atoms with Gasteiger partial charge < -0.3 is 0 Å². The lowest BCUT2D eigenvalue weighted by Crippen LogP contribution is -2.35. The van der Waals surface area contributed by atoms with Gasteiger partial charge in [-0.1, -0.05) is 6.92 Å². The zero-order valence-electron chi connectivity index (χ0n) is 12.2. The molecule has 0 amide bonds. The third-order valence-corrected chi connectivity index (χ3v) is 7.07. The molecule has 0 bridgehead atoms. The van der Waals surface area contributed by atoms with E-state index in [0.717, 1.165) is 11.3 Å². The molecule has 2 N–H and O–H groups in total. The molecule has 3 heterocycles. The Morgan fingerprint density at radius 3 is 3.00 bits per heavy atom. The maximum atomic E-state index is 12.4. The van der Waals surface area contributed by atoms with Crippen LogP contribution < -0.4 is 10.4 Å². The number of aryl methyl sites for hydroxylation is 2. The van der Waals surface area contributed by atoms with Gasteiger partial charge in [-0.2, -0.15) is 5.10 Å². The Morgan fingerprint density at radius 2 is 2.27 bits per heavy atom. The molecule has 2 aromatic heterocycles. The summed E-state index contributed by atoms with van der Waals surface area (Å²) in [5.41, 5.74) is -0.232. The van der Waals surface area contributed by atoms with E-state index < -0.39 is 10.0 Å². The van der Waals surface area contributed by atoms with Crippen molar-refractivity contribution in [2.24, 2.45) is 0 Å². The molecule has 0 fully saturated rings. The molecular weight excluding hydrogens is 324 g/mol. The monoisotopic (exact) mass is 342 g/mol. The highest BCUT2D eigenvalue weighted by atomic mass is 32.2. The average Bonchev–Trinajstić information content (AvgIpc) is 3.05. The lowest BCUT2D eigenvalue weighted by Gasteiger charge is -2.15. The SMILES string of the molecule is CCc1ccc(S(=O)(=O)NC2CCc3n[nH]c(=O)n3CC2)s1. The summed E-state index contributed by atoms with van der Waals surface area (Å²) < 4.78 is 29.5. The molecule has 0 saturated heterocycles. The van der Waals surface area contributed by atoms with E-state index in [1.54, 1.807) is 10.6 Å². The quantitative estimate of drug-likeness (QED) is 0.862. The molecule has 1 unspecified atom stereocenters. The highest BCUT2D eigenvalue weighted by Gasteiger charge is 2.25. The second-order valence-corrected chi connectivity index (χ2v) is 8.43. The van der Waals surface area contributed by atoms with E-state index in [0.29, 0.717) is 35.8 Å². The van der Waals surface area contributed by atoms with Crippen LogP contribution in [0.2, 0.25) is 0 Å². The van der Waals surface area contributed by atoms with Crippen LogP contribution in [0.5, 0.6) is 0 Å². The molecule has 0 aliphatic carbocycles. The molecule has 1 aliphatic heterocycles. The number of nitrogens with one attached hydrogen (secondary N) is 2. The van der Waals surface area contributed by atoms with Gasteiger partial charge in [-0.25, -0.2) is 23.0 Å². The Balaban J connectivity index is 1.72. The van der Waals surface area contributed by atoms with Gasteiger partial charge in [0.2, 0.25) is 10.0 Å². The number of fused-ring (bicyclic) bond motifs is 1. The van der Waals surface area contributed by atoms with Crippen molar-refractivity contribution in [3.05, 3.63) is 33.3 Å². The number of rotatable bonds is 4. The highest BCUT2D eigenvalue weighted by molar-refractivity contribution is 7.91. The van der Waals surface area contributed by atoms with Gasteiger partial charge in [-0.05, 0) is 31.4 Å². The zero-order valence-corrected chi connectivity index (χ0v) is 13.8. The van der Waals surface area contributed by atoms with Crippen LogP contribution in [0.4, 0.5) is 0 Å². The Kier molecular flexibility index (Phi) is 4.20. The van der Waals surface area contributed by atoms with Gasteiger partial charge >= 0.3 is 5.69 Å². The molecule has 2 aromatic rings. The van der Waals surface area contributed by atoms with E-state index in [4.69, 9.17) is 0 Å². The predicted molar refractivity (Wildman–Crippen MR) is 83.6 cm³/mol. The first kappa shape index (κ1) is 15.4. The minimum Gasteiger partial charge on any atom is -0.279 e. The molecule has 9 heteroatoms. The number of hydrogen-bond acceptors (Lipinski definition) is 5. The molecule has 7 nitrogen and oxygen atoms in total. The third kappa shape index (κ3) is 3.01. The van der Waals surface area contributed by atoms with Crippen LogP contribution >= 0.6 is 11.3 Å². The first-order valence-corrected chi connectivity index (χ1v) is 9.54. The smallest absolute Gasteiger partial charge is 0.279 e. The van der Waals surface area contributed by atoms with Crippen LogP contribution in [-0.2, 0) is 29.4 Å². The number of nitrogens with zero attached hydrogens (tertiary/aromatic N) is 2. The predicted octanol–water partition coefficient (Wildman–Crippen LogP) is 0.879. The van der Waals surface area contributed by atoms with Crippen molar-refractivity contribution in [3.8, 4) is 0 Å². The van der Waals surface area contributed by atoms with Gasteiger partial charge in [0, 0.05) is 23.9 Å². The number of H-pyrrole nitrogens is 1. The van der Waals surface area contributed by atoms with E-state index in [9.17, 15) is 13.2 Å². The van der Waals surface area contributed by atoms with E-state index in [2.05, 4.69) is 14.9 Å². The van der Waals surface area contributed by atoms with Gasteiger partial charge in [0.1, 0.15) is 10.0 Å². The molecular formula is C13H18N4O3S2. The minimum atomic E-state index is -3.49. The van der Waals surface area contributed by atoms with Gasteiger partial charge in [0.05, 0.1) is 0 Å². The normalized spacial score (nSPS) is 18.9. The topological polar surface area (TPSA) is 96.8 Å². The van der Waals surface area contributed by atoms with Crippen molar-refractivity contribution in [3.63, 3.8) is 0 Å². The van der Waals surface area contributed by atoms with Crippen molar-refractivity contribution in [2.45, 2.75) is 49.4 Å². The van der Waals surface area contributed by atoms with Crippen LogP contribution in [0.1, 0.15) is 30.5 Å². The maximum Gasteiger partial charge on any atom is 0.343 e. The third-order valence-electron chi connectivity index (χ3n) is 3.83. The maximum absolute atomic E-state index is 12.4. The minimum absolute atomic E-state index is 0.182. The summed E-state index contributed by atoms with van der Waals surface area (Å²) in [5.74, 6) is 0.691.